The number of ether oxygens (including phenoxy) is 1. The highest BCUT2D eigenvalue weighted by molar-refractivity contribution is 6.17. The molecule has 0 atom stereocenters. The maximum Gasteiger partial charge on any atom is 0.122 e. The van der Waals surface area contributed by atoms with Crippen LogP contribution in [0.3, 0.4) is 0 Å². The minimum atomic E-state index is 0.694. The fraction of sp³-hybridized carbons (Fsp3) is 0.455. The Morgan fingerprint density at radius 1 is 1.38 bits per heavy atom. The second-order valence-electron chi connectivity index (χ2n) is 3.33. The van der Waals surface area contributed by atoms with Gasteiger partial charge in [-0.15, -0.1) is 11.6 Å². The monoisotopic (exact) mass is 196 g/mol. The van der Waals surface area contributed by atoms with Crippen LogP contribution in [-0.4, -0.2) is 12.5 Å². The third-order valence-corrected chi connectivity index (χ3v) is 2.55. The van der Waals surface area contributed by atoms with Crippen molar-refractivity contribution in [3.05, 3.63) is 29.3 Å². The Morgan fingerprint density at radius 2 is 2.31 bits per heavy atom. The maximum absolute atomic E-state index is 5.69. The van der Waals surface area contributed by atoms with Gasteiger partial charge in [-0.2, -0.15) is 0 Å². The third kappa shape index (κ3) is 1.97. The molecule has 1 aliphatic heterocycles. The molecule has 1 aromatic carbocycles. The smallest absolute Gasteiger partial charge is 0.122 e. The molecule has 0 saturated heterocycles. The summed E-state index contributed by atoms with van der Waals surface area (Å²) in [6, 6.07) is 6.39. The molecular weight excluding hydrogens is 184 g/mol. The van der Waals surface area contributed by atoms with Crippen molar-refractivity contribution in [1.29, 1.82) is 0 Å². The van der Waals surface area contributed by atoms with E-state index in [9.17, 15) is 0 Å². The molecule has 1 heterocycles. The maximum atomic E-state index is 5.69. The molecule has 0 N–H and O–H groups in total. The van der Waals surface area contributed by atoms with E-state index >= 15 is 0 Å². The van der Waals surface area contributed by atoms with Gasteiger partial charge >= 0.3 is 0 Å². The fourth-order valence-electron chi connectivity index (χ4n) is 1.68. The second-order valence-corrected chi connectivity index (χ2v) is 3.71. The van der Waals surface area contributed by atoms with Crippen LogP contribution in [0.2, 0.25) is 0 Å². The van der Waals surface area contributed by atoms with E-state index in [0.29, 0.717) is 5.88 Å². The van der Waals surface area contributed by atoms with Gasteiger partial charge in [0.05, 0.1) is 6.61 Å². The summed E-state index contributed by atoms with van der Waals surface area (Å²) < 4.78 is 5.52. The van der Waals surface area contributed by atoms with Crippen molar-refractivity contribution < 1.29 is 4.74 Å². The van der Waals surface area contributed by atoms with Crippen molar-refractivity contribution in [3.8, 4) is 5.75 Å². The first-order chi connectivity index (χ1) is 6.40. The number of fused-ring (bicyclic) bond motifs is 1. The van der Waals surface area contributed by atoms with Crippen molar-refractivity contribution in [2.75, 3.05) is 12.5 Å². The lowest BCUT2D eigenvalue weighted by molar-refractivity contribution is 0.288. The van der Waals surface area contributed by atoms with Crippen LogP contribution in [0, 0.1) is 0 Å². The van der Waals surface area contributed by atoms with Gasteiger partial charge in [0.15, 0.2) is 0 Å². The van der Waals surface area contributed by atoms with Crippen molar-refractivity contribution in [2.24, 2.45) is 0 Å². The van der Waals surface area contributed by atoms with Crippen LogP contribution in [0.25, 0.3) is 0 Å². The average molecular weight is 197 g/mol. The van der Waals surface area contributed by atoms with Crippen LogP contribution in [0.5, 0.6) is 5.75 Å². The molecule has 0 unspecified atom stereocenters. The molecule has 0 spiro atoms. The Hall–Kier alpha value is -0.690. The quantitative estimate of drug-likeness (QED) is 0.661. The van der Waals surface area contributed by atoms with Gasteiger partial charge in [0, 0.05) is 5.88 Å². The molecule has 0 saturated carbocycles. The van der Waals surface area contributed by atoms with E-state index in [2.05, 4.69) is 18.2 Å². The minimum Gasteiger partial charge on any atom is -0.493 e. The molecule has 1 aromatic rings. The van der Waals surface area contributed by atoms with Gasteiger partial charge in [0.1, 0.15) is 5.75 Å². The highest BCUT2D eigenvalue weighted by atomic mass is 35.5. The van der Waals surface area contributed by atoms with E-state index in [0.717, 1.165) is 31.6 Å². The lowest BCUT2D eigenvalue weighted by Crippen LogP contribution is -2.08. The molecule has 70 valence electrons. The third-order valence-electron chi connectivity index (χ3n) is 2.36. The Balaban J connectivity index is 2.24. The summed E-state index contributed by atoms with van der Waals surface area (Å²) >= 11 is 5.69. The van der Waals surface area contributed by atoms with E-state index in [-0.39, 0.29) is 0 Å². The zero-order valence-electron chi connectivity index (χ0n) is 7.55. The molecule has 0 amide bonds. The Bertz CT molecular complexity index is 296. The number of benzene rings is 1. The van der Waals surface area contributed by atoms with E-state index < -0.39 is 0 Å². The van der Waals surface area contributed by atoms with Gasteiger partial charge in [-0.05, 0) is 36.5 Å². The van der Waals surface area contributed by atoms with Crippen molar-refractivity contribution in [3.63, 3.8) is 0 Å². The van der Waals surface area contributed by atoms with E-state index in [4.69, 9.17) is 16.3 Å². The SMILES string of the molecule is ClCCc1ccc2c(c1)CCCO2. The molecule has 2 heteroatoms. The van der Waals surface area contributed by atoms with Crippen LogP contribution in [0.1, 0.15) is 17.5 Å². The van der Waals surface area contributed by atoms with Gasteiger partial charge in [-0.3, -0.25) is 0 Å². The molecular formula is C11H13ClO. The van der Waals surface area contributed by atoms with Gasteiger partial charge in [-0.1, -0.05) is 12.1 Å². The van der Waals surface area contributed by atoms with Crippen LogP contribution in [0.15, 0.2) is 18.2 Å². The number of aryl methyl sites for hydroxylation is 2. The largest absolute Gasteiger partial charge is 0.493 e. The summed E-state index contributed by atoms with van der Waals surface area (Å²) in [7, 11) is 0. The number of rotatable bonds is 2. The summed E-state index contributed by atoms with van der Waals surface area (Å²) in [4.78, 5) is 0. The van der Waals surface area contributed by atoms with Gasteiger partial charge in [0.25, 0.3) is 0 Å². The van der Waals surface area contributed by atoms with Crippen LogP contribution < -0.4 is 4.74 Å². The highest BCUT2D eigenvalue weighted by Crippen LogP contribution is 2.25. The molecule has 0 radical (unpaired) electrons. The lowest BCUT2D eigenvalue weighted by atomic mass is 10.0. The molecule has 0 aromatic heterocycles. The standard InChI is InChI=1S/C11H13ClO/c12-6-5-9-3-4-11-10(8-9)2-1-7-13-11/h3-4,8H,1-2,5-7H2. The average Bonchev–Trinajstić information content (AvgIpc) is 2.18. The topological polar surface area (TPSA) is 9.23 Å². The fourth-order valence-corrected chi connectivity index (χ4v) is 1.90. The Labute approximate surface area is 83.7 Å². The summed E-state index contributed by atoms with van der Waals surface area (Å²) in [5.41, 5.74) is 2.66. The molecule has 2 rings (SSSR count). The zero-order valence-corrected chi connectivity index (χ0v) is 8.31. The summed E-state index contributed by atoms with van der Waals surface area (Å²) in [5, 5.41) is 0. The summed E-state index contributed by atoms with van der Waals surface area (Å²) in [6.07, 6.45) is 3.23. The minimum absolute atomic E-state index is 0.694. The lowest BCUT2D eigenvalue weighted by Gasteiger charge is -2.17. The molecule has 0 fully saturated rings. The van der Waals surface area contributed by atoms with Gasteiger partial charge in [-0.25, -0.2) is 0 Å². The number of hydrogen-bond donors (Lipinski definition) is 0. The van der Waals surface area contributed by atoms with Gasteiger partial charge < -0.3 is 4.74 Å². The molecule has 1 aliphatic rings. The first-order valence-corrected chi connectivity index (χ1v) is 5.24. The number of halogens is 1. The predicted octanol–water partition coefficient (Wildman–Crippen LogP) is 2.79. The Morgan fingerprint density at radius 3 is 3.15 bits per heavy atom. The van der Waals surface area contributed by atoms with Crippen molar-refractivity contribution in [1.82, 2.24) is 0 Å². The Kier molecular flexibility index (Phi) is 2.74. The number of hydrogen-bond acceptors (Lipinski definition) is 1. The van der Waals surface area contributed by atoms with Crippen LogP contribution >= 0.6 is 11.6 Å². The predicted molar refractivity (Wildman–Crippen MR) is 54.7 cm³/mol. The van der Waals surface area contributed by atoms with Crippen LogP contribution in [0.4, 0.5) is 0 Å². The molecule has 1 nitrogen and oxygen atoms in total. The summed E-state index contributed by atoms with van der Waals surface area (Å²) in [6.45, 7) is 0.863. The molecule has 0 bridgehead atoms. The van der Waals surface area contributed by atoms with Gasteiger partial charge in [0.2, 0.25) is 0 Å². The normalized spacial score (nSPS) is 14.8. The number of alkyl halides is 1. The summed E-state index contributed by atoms with van der Waals surface area (Å²) in [5.74, 6) is 1.75. The van der Waals surface area contributed by atoms with Crippen molar-refractivity contribution in [2.45, 2.75) is 19.3 Å². The zero-order chi connectivity index (χ0) is 9.10. The molecule has 0 aliphatic carbocycles. The van der Waals surface area contributed by atoms with E-state index in [1.54, 1.807) is 0 Å². The molecule has 13 heavy (non-hydrogen) atoms. The highest BCUT2D eigenvalue weighted by Gasteiger charge is 2.09. The van der Waals surface area contributed by atoms with Crippen molar-refractivity contribution >= 4 is 11.6 Å². The first kappa shape index (κ1) is 8.89. The van der Waals surface area contributed by atoms with E-state index in [1.807, 2.05) is 0 Å². The van der Waals surface area contributed by atoms with Crippen LogP contribution in [-0.2, 0) is 12.8 Å². The second kappa shape index (κ2) is 4.01. The van der Waals surface area contributed by atoms with E-state index in [1.165, 1.54) is 11.1 Å². The first-order valence-electron chi connectivity index (χ1n) is 4.71.